The van der Waals surface area contributed by atoms with Crippen LogP contribution in [0.15, 0.2) is 15.5 Å². The maximum atomic E-state index is 11.8. The molecule has 0 radical (unpaired) electrons. The second kappa shape index (κ2) is 7.53. The van der Waals surface area contributed by atoms with Crippen LogP contribution < -0.4 is 10.9 Å². The molecule has 1 aromatic heterocycles. The lowest BCUT2D eigenvalue weighted by Gasteiger charge is -2.10. The molecule has 1 heterocycles. The van der Waals surface area contributed by atoms with E-state index in [4.69, 9.17) is 5.11 Å². The smallest absolute Gasteiger partial charge is 0.283 e. The number of halogens is 1. The van der Waals surface area contributed by atoms with Gasteiger partial charge in [0, 0.05) is 6.54 Å². The fourth-order valence-electron chi connectivity index (χ4n) is 1.58. The third kappa shape index (κ3) is 4.42. The van der Waals surface area contributed by atoms with Crippen LogP contribution in [0, 0.1) is 5.92 Å². The molecule has 0 saturated carbocycles. The molecule has 5 nitrogen and oxygen atoms in total. The molecule has 0 aliphatic heterocycles. The Kier molecular flexibility index (Phi) is 6.35. The van der Waals surface area contributed by atoms with Crippen LogP contribution in [0.25, 0.3) is 0 Å². The summed E-state index contributed by atoms with van der Waals surface area (Å²) in [7, 11) is 0. The van der Waals surface area contributed by atoms with Crippen molar-refractivity contribution >= 4 is 21.6 Å². The van der Waals surface area contributed by atoms with E-state index in [2.05, 4.69) is 40.2 Å². The molecule has 1 rings (SSSR count). The molecular formula is C12H20BrN3O2. The predicted molar refractivity (Wildman–Crippen MR) is 75.8 cm³/mol. The number of rotatable bonds is 7. The summed E-state index contributed by atoms with van der Waals surface area (Å²) in [6.07, 6.45) is 3.82. The van der Waals surface area contributed by atoms with E-state index in [1.54, 1.807) is 6.20 Å². The Morgan fingerprint density at radius 1 is 1.56 bits per heavy atom. The van der Waals surface area contributed by atoms with Crippen LogP contribution >= 0.6 is 15.9 Å². The first-order valence-corrected chi connectivity index (χ1v) is 6.96. The number of aliphatic hydroxyl groups excluding tert-OH is 1. The Morgan fingerprint density at radius 2 is 2.28 bits per heavy atom. The van der Waals surface area contributed by atoms with Crippen LogP contribution in [0.2, 0.25) is 0 Å². The molecule has 0 atom stereocenters. The largest absolute Gasteiger partial charge is 0.394 e. The van der Waals surface area contributed by atoms with E-state index < -0.39 is 0 Å². The van der Waals surface area contributed by atoms with Crippen molar-refractivity contribution in [1.29, 1.82) is 0 Å². The molecule has 1 aromatic rings. The molecule has 0 aliphatic carbocycles. The predicted octanol–water partition coefficient (Wildman–Crippen LogP) is 1.85. The summed E-state index contributed by atoms with van der Waals surface area (Å²) in [5, 5.41) is 16.0. The fraction of sp³-hybridized carbons (Fsp3) is 0.667. The van der Waals surface area contributed by atoms with E-state index in [0.29, 0.717) is 16.1 Å². The van der Waals surface area contributed by atoms with Crippen molar-refractivity contribution in [2.75, 3.05) is 18.5 Å². The van der Waals surface area contributed by atoms with Crippen molar-refractivity contribution in [3.8, 4) is 0 Å². The lowest BCUT2D eigenvalue weighted by molar-refractivity contribution is 0.266. The van der Waals surface area contributed by atoms with Gasteiger partial charge in [0.2, 0.25) is 0 Å². The average Bonchev–Trinajstić information content (AvgIpc) is 2.33. The minimum Gasteiger partial charge on any atom is -0.394 e. The fourth-order valence-corrected chi connectivity index (χ4v) is 2.02. The number of nitrogens with zero attached hydrogens (tertiary/aromatic N) is 2. The highest BCUT2D eigenvalue weighted by molar-refractivity contribution is 9.10. The minimum atomic E-state index is -0.224. The average molecular weight is 318 g/mol. The van der Waals surface area contributed by atoms with Gasteiger partial charge in [-0.05, 0) is 34.7 Å². The number of aliphatic hydroxyl groups is 1. The summed E-state index contributed by atoms with van der Waals surface area (Å²) in [5.74, 6) is 0.686. The Bertz CT molecular complexity index is 432. The summed E-state index contributed by atoms with van der Waals surface area (Å²) >= 11 is 3.26. The first-order valence-electron chi connectivity index (χ1n) is 6.16. The third-order valence-electron chi connectivity index (χ3n) is 2.57. The number of anilines is 1. The van der Waals surface area contributed by atoms with Crippen molar-refractivity contribution in [1.82, 2.24) is 9.78 Å². The minimum absolute atomic E-state index is 0.0967. The summed E-state index contributed by atoms with van der Waals surface area (Å²) in [5.41, 5.74) is 0.482. The van der Waals surface area contributed by atoms with Gasteiger partial charge in [-0.1, -0.05) is 13.8 Å². The summed E-state index contributed by atoms with van der Waals surface area (Å²) in [4.78, 5) is 11.8. The van der Waals surface area contributed by atoms with Gasteiger partial charge in [0.05, 0.1) is 25.0 Å². The number of hydrogen-bond acceptors (Lipinski definition) is 4. The van der Waals surface area contributed by atoms with Crippen LogP contribution in [0.4, 0.5) is 5.69 Å². The maximum absolute atomic E-state index is 11.8. The molecule has 0 spiro atoms. The molecule has 0 unspecified atom stereocenters. The number of aromatic nitrogens is 2. The Labute approximate surface area is 115 Å². The Morgan fingerprint density at radius 3 is 2.89 bits per heavy atom. The van der Waals surface area contributed by atoms with Gasteiger partial charge in [-0.25, -0.2) is 4.68 Å². The van der Waals surface area contributed by atoms with Crippen molar-refractivity contribution in [3.63, 3.8) is 0 Å². The zero-order chi connectivity index (χ0) is 13.5. The highest BCUT2D eigenvalue weighted by Gasteiger charge is 2.07. The molecule has 0 saturated heterocycles. The van der Waals surface area contributed by atoms with E-state index in [0.717, 1.165) is 19.4 Å². The van der Waals surface area contributed by atoms with Crippen molar-refractivity contribution in [2.45, 2.75) is 33.2 Å². The molecule has 0 aliphatic rings. The lowest BCUT2D eigenvalue weighted by atomic mass is 10.1. The summed E-state index contributed by atoms with van der Waals surface area (Å²) in [6, 6.07) is 0. The lowest BCUT2D eigenvalue weighted by Crippen LogP contribution is -2.26. The van der Waals surface area contributed by atoms with Crippen LogP contribution in [0.1, 0.15) is 26.7 Å². The van der Waals surface area contributed by atoms with Gasteiger partial charge in [0.1, 0.15) is 4.47 Å². The van der Waals surface area contributed by atoms with Gasteiger partial charge in [-0.2, -0.15) is 5.10 Å². The maximum Gasteiger partial charge on any atom is 0.283 e. The van der Waals surface area contributed by atoms with Crippen molar-refractivity contribution < 1.29 is 5.11 Å². The van der Waals surface area contributed by atoms with E-state index in [9.17, 15) is 4.79 Å². The third-order valence-corrected chi connectivity index (χ3v) is 3.34. The first-order chi connectivity index (χ1) is 8.56. The quantitative estimate of drug-likeness (QED) is 0.753. The molecule has 2 N–H and O–H groups in total. The molecule has 18 heavy (non-hydrogen) atoms. The van der Waals surface area contributed by atoms with Gasteiger partial charge < -0.3 is 10.4 Å². The first kappa shape index (κ1) is 15.2. The van der Waals surface area contributed by atoms with Gasteiger partial charge in [-0.15, -0.1) is 0 Å². The van der Waals surface area contributed by atoms with Crippen molar-refractivity contribution in [2.24, 2.45) is 5.92 Å². The second-order valence-electron chi connectivity index (χ2n) is 4.59. The molecule has 6 heteroatoms. The molecule has 0 fully saturated rings. The normalized spacial score (nSPS) is 10.9. The van der Waals surface area contributed by atoms with E-state index in [1.807, 2.05) is 0 Å². The highest BCUT2D eigenvalue weighted by atomic mass is 79.9. The molecule has 102 valence electrons. The molecule has 0 aromatic carbocycles. The number of nitrogens with one attached hydrogen (secondary N) is 1. The van der Waals surface area contributed by atoms with Crippen LogP contribution in [0.3, 0.4) is 0 Å². The monoisotopic (exact) mass is 317 g/mol. The molecular weight excluding hydrogens is 298 g/mol. The van der Waals surface area contributed by atoms with E-state index >= 15 is 0 Å². The van der Waals surface area contributed by atoms with Gasteiger partial charge in [-0.3, -0.25) is 4.79 Å². The van der Waals surface area contributed by atoms with Crippen LogP contribution in [-0.2, 0) is 6.54 Å². The molecule has 0 amide bonds. The van der Waals surface area contributed by atoms with Gasteiger partial charge in [0.25, 0.3) is 5.56 Å². The van der Waals surface area contributed by atoms with Crippen LogP contribution in [-0.4, -0.2) is 28.0 Å². The van der Waals surface area contributed by atoms with Crippen molar-refractivity contribution in [3.05, 3.63) is 21.0 Å². The van der Waals surface area contributed by atoms with Gasteiger partial charge >= 0.3 is 0 Å². The summed E-state index contributed by atoms with van der Waals surface area (Å²) in [6.45, 7) is 5.31. The zero-order valence-corrected chi connectivity index (χ0v) is 12.4. The van der Waals surface area contributed by atoms with E-state index in [-0.39, 0.29) is 18.7 Å². The number of hydrogen-bond donors (Lipinski definition) is 2. The Balaban J connectivity index is 2.62. The topological polar surface area (TPSA) is 67.2 Å². The standard InChI is InChI=1S/C12H20BrN3O2/c1-9(2)4-3-5-14-10-8-15-16(6-7-17)12(18)11(10)13/h8-9,14,17H,3-7H2,1-2H3. The van der Waals surface area contributed by atoms with Gasteiger partial charge in [0.15, 0.2) is 0 Å². The highest BCUT2D eigenvalue weighted by Crippen LogP contribution is 2.16. The van der Waals surface area contributed by atoms with Crippen LogP contribution in [0.5, 0.6) is 0 Å². The summed E-state index contributed by atoms with van der Waals surface area (Å²) < 4.78 is 1.71. The second-order valence-corrected chi connectivity index (χ2v) is 5.38. The Hall–Kier alpha value is -0.880. The zero-order valence-electron chi connectivity index (χ0n) is 10.8. The molecule has 0 bridgehead atoms. The van der Waals surface area contributed by atoms with E-state index in [1.165, 1.54) is 4.68 Å². The SMILES string of the molecule is CC(C)CCCNc1cnn(CCO)c(=O)c1Br.